The quantitative estimate of drug-likeness (QED) is 0.345. The molecule has 200 valence electrons. The minimum Gasteiger partial charge on any atom is -0.510 e. The molecule has 1 aliphatic heterocycles. The van der Waals surface area contributed by atoms with Crippen molar-refractivity contribution in [2.45, 2.75) is 80.9 Å². The molecule has 2 fully saturated rings. The summed E-state index contributed by atoms with van der Waals surface area (Å²) in [5, 5.41) is 13.2. The van der Waals surface area contributed by atoms with Crippen molar-refractivity contribution < 1.29 is 23.1 Å². The largest absolute Gasteiger partial charge is 0.510 e. The van der Waals surface area contributed by atoms with Gasteiger partial charge >= 0.3 is 5.97 Å². The van der Waals surface area contributed by atoms with Crippen LogP contribution in [0.1, 0.15) is 71.1 Å². The van der Waals surface area contributed by atoms with Crippen LogP contribution in [0.5, 0.6) is 0 Å². The van der Waals surface area contributed by atoms with Gasteiger partial charge in [-0.2, -0.15) is 0 Å². The maximum Gasteiger partial charge on any atom is 0.359 e. The number of nitrogens with zero attached hydrogens (tertiary/aromatic N) is 1. The van der Waals surface area contributed by atoms with Gasteiger partial charge in [-0.1, -0.05) is 44.7 Å². The van der Waals surface area contributed by atoms with Gasteiger partial charge in [0.1, 0.15) is 15.6 Å². The number of aliphatic hydroxyl groups is 1. The molecule has 0 spiro atoms. The number of sulfonamides is 1. The van der Waals surface area contributed by atoms with Crippen LogP contribution in [0.15, 0.2) is 57.4 Å². The first kappa shape index (κ1) is 26.1. The second kappa shape index (κ2) is 10.7. The van der Waals surface area contributed by atoms with Crippen molar-refractivity contribution in [2.75, 3.05) is 16.2 Å². The summed E-state index contributed by atoms with van der Waals surface area (Å²) in [5.74, 6) is 0.198. The Morgan fingerprint density at radius 3 is 2.32 bits per heavy atom. The third-order valence-electron chi connectivity index (χ3n) is 8.17. The monoisotopic (exact) mass is 544 g/mol. The van der Waals surface area contributed by atoms with Crippen molar-refractivity contribution in [1.29, 1.82) is 0 Å². The zero-order valence-electron chi connectivity index (χ0n) is 21.3. The number of rotatable bonds is 9. The smallest absolute Gasteiger partial charge is 0.359 e. The molecule has 0 atom stereocenters. The molecule has 9 heteroatoms. The first-order valence-electron chi connectivity index (χ1n) is 13.4. The Kier molecular flexibility index (Phi) is 7.54. The minimum absolute atomic E-state index is 0.0908. The second-order valence-corrected chi connectivity index (χ2v) is 13.4. The van der Waals surface area contributed by atoms with Crippen LogP contribution in [0.2, 0.25) is 0 Å². The summed E-state index contributed by atoms with van der Waals surface area (Å²) in [6, 6.07) is 10.2. The van der Waals surface area contributed by atoms with Gasteiger partial charge in [-0.15, -0.1) is 11.3 Å². The zero-order chi connectivity index (χ0) is 26.0. The fourth-order valence-corrected chi connectivity index (χ4v) is 8.60. The minimum atomic E-state index is -3.71. The number of ether oxygens (including phenoxy) is 1. The summed E-state index contributed by atoms with van der Waals surface area (Å²) in [6.45, 7) is 2.49. The van der Waals surface area contributed by atoms with Gasteiger partial charge < -0.3 is 14.7 Å². The Morgan fingerprint density at radius 1 is 1.08 bits per heavy atom. The molecule has 0 bridgehead atoms. The molecule has 2 heterocycles. The molecule has 7 nitrogen and oxygen atoms in total. The van der Waals surface area contributed by atoms with E-state index in [1.54, 1.807) is 40.6 Å². The van der Waals surface area contributed by atoms with E-state index < -0.39 is 21.6 Å². The number of benzene rings is 1. The van der Waals surface area contributed by atoms with E-state index in [0.29, 0.717) is 24.3 Å². The van der Waals surface area contributed by atoms with E-state index in [1.807, 2.05) is 13.0 Å². The van der Waals surface area contributed by atoms with Gasteiger partial charge in [-0.3, -0.25) is 4.72 Å². The van der Waals surface area contributed by atoms with E-state index in [-0.39, 0.29) is 27.5 Å². The Morgan fingerprint density at radius 2 is 1.76 bits per heavy atom. The number of thiophene rings is 1. The first-order valence-corrected chi connectivity index (χ1v) is 15.8. The lowest BCUT2D eigenvalue weighted by Crippen LogP contribution is -2.52. The van der Waals surface area contributed by atoms with Gasteiger partial charge in [0.05, 0.1) is 5.69 Å². The Hall–Kier alpha value is -2.52. The molecule has 0 amide bonds. The molecule has 1 aromatic carbocycles. The normalized spacial score (nSPS) is 20.8. The average Bonchev–Trinajstić information content (AvgIpc) is 3.66. The third-order valence-corrected chi connectivity index (χ3v) is 11.0. The van der Waals surface area contributed by atoms with Crippen LogP contribution in [0.25, 0.3) is 0 Å². The van der Waals surface area contributed by atoms with Crippen LogP contribution in [-0.2, 0) is 19.6 Å². The van der Waals surface area contributed by atoms with Gasteiger partial charge in [-0.05, 0) is 73.6 Å². The maximum atomic E-state index is 13.7. The number of anilines is 2. The summed E-state index contributed by atoms with van der Waals surface area (Å²) in [6.07, 6.45) is 9.81. The lowest BCUT2D eigenvalue weighted by molar-refractivity contribution is -0.176. The van der Waals surface area contributed by atoms with E-state index in [0.717, 1.165) is 69.1 Å². The van der Waals surface area contributed by atoms with Crippen LogP contribution in [-0.4, -0.2) is 31.6 Å². The van der Waals surface area contributed by atoms with E-state index in [2.05, 4.69) is 4.72 Å². The lowest BCUT2D eigenvalue weighted by Gasteiger charge is -2.46. The van der Waals surface area contributed by atoms with Crippen LogP contribution < -0.4 is 9.62 Å². The SMILES string of the molecule is CCCN(C1=C(O)CC(C2CCCC2)(C2CCCC2)OC1=O)c1cccc(NS(=O)(=O)c2cccs2)c1. The van der Waals surface area contributed by atoms with Crippen molar-refractivity contribution in [3.63, 3.8) is 0 Å². The van der Waals surface area contributed by atoms with Crippen LogP contribution in [0.3, 0.4) is 0 Å². The summed E-state index contributed by atoms with van der Waals surface area (Å²) >= 11 is 1.15. The number of esters is 1. The fourth-order valence-electron chi connectivity index (χ4n) is 6.56. The van der Waals surface area contributed by atoms with E-state index in [4.69, 9.17) is 4.74 Å². The van der Waals surface area contributed by atoms with Crippen LogP contribution in [0, 0.1) is 11.8 Å². The summed E-state index contributed by atoms with van der Waals surface area (Å²) in [7, 11) is -3.71. The first-order chi connectivity index (χ1) is 17.8. The summed E-state index contributed by atoms with van der Waals surface area (Å²) < 4.78 is 34.8. The average molecular weight is 545 g/mol. The molecule has 2 aliphatic carbocycles. The molecule has 37 heavy (non-hydrogen) atoms. The number of cyclic esters (lactones) is 1. The number of hydrogen-bond acceptors (Lipinski definition) is 7. The predicted molar refractivity (Wildman–Crippen MR) is 146 cm³/mol. The fraction of sp³-hybridized carbons (Fsp3) is 0.536. The Balaban J connectivity index is 1.47. The van der Waals surface area contributed by atoms with Gasteiger partial charge in [-0.25, -0.2) is 13.2 Å². The number of aliphatic hydroxyl groups excluding tert-OH is 1. The lowest BCUT2D eigenvalue weighted by atomic mass is 9.71. The Bertz CT molecular complexity index is 1230. The van der Waals surface area contributed by atoms with Gasteiger partial charge in [0.25, 0.3) is 10.0 Å². The van der Waals surface area contributed by atoms with Crippen molar-refractivity contribution in [1.82, 2.24) is 0 Å². The van der Waals surface area contributed by atoms with E-state index in [9.17, 15) is 18.3 Å². The van der Waals surface area contributed by atoms with Crippen molar-refractivity contribution in [2.24, 2.45) is 11.8 Å². The molecule has 2 aromatic rings. The van der Waals surface area contributed by atoms with E-state index in [1.165, 1.54) is 0 Å². The van der Waals surface area contributed by atoms with Crippen molar-refractivity contribution in [3.05, 3.63) is 53.2 Å². The summed E-state index contributed by atoms with van der Waals surface area (Å²) in [4.78, 5) is 15.5. The second-order valence-electron chi connectivity index (χ2n) is 10.5. The topological polar surface area (TPSA) is 95.9 Å². The highest BCUT2D eigenvalue weighted by atomic mass is 32.2. The van der Waals surface area contributed by atoms with E-state index >= 15 is 0 Å². The number of nitrogens with one attached hydrogen (secondary N) is 1. The highest BCUT2D eigenvalue weighted by Gasteiger charge is 2.54. The molecule has 0 unspecified atom stereocenters. The standard InChI is InChI=1S/C28H36N2O5S2/c1-2-16-30(23-14-7-13-22(18-23)29-37(33,34)25-15-8-17-36-25)26-24(31)19-28(35-27(26)32,20-9-3-4-10-20)21-11-5-6-12-21/h7-8,13-15,17-18,20-21,29,31H,2-6,9-12,16,19H2,1H3. The number of carbonyl (C=O) groups is 1. The predicted octanol–water partition coefficient (Wildman–Crippen LogP) is 6.60. The summed E-state index contributed by atoms with van der Waals surface area (Å²) in [5.41, 5.74) is 0.573. The molecule has 5 rings (SSSR count). The molecular formula is C28H36N2O5S2. The van der Waals surface area contributed by atoms with Crippen LogP contribution >= 0.6 is 11.3 Å². The molecule has 0 saturated heterocycles. The molecule has 2 saturated carbocycles. The highest BCUT2D eigenvalue weighted by Crippen LogP contribution is 2.52. The Labute approximate surface area is 223 Å². The molecule has 1 aromatic heterocycles. The van der Waals surface area contributed by atoms with Gasteiger partial charge in [0.15, 0.2) is 5.70 Å². The number of hydrogen-bond donors (Lipinski definition) is 2. The van der Waals surface area contributed by atoms with Gasteiger partial charge in [0.2, 0.25) is 0 Å². The van der Waals surface area contributed by atoms with Crippen molar-refractivity contribution >= 4 is 38.7 Å². The maximum absolute atomic E-state index is 13.7. The molecule has 2 N–H and O–H groups in total. The molecule has 0 radical (unpaired) electrons. The molecular weight excluding hydrogens is 508 g/mol. The highest BCUT2D eigenvalue weighted by molar-refractivity contribution is 7.94. The van der Waals surface area contributed by atoms with Crippen molar-refractivity contribution in [3.8, 4) is 0 Å². The third kappa shape index (κ3) is 5.12. The molecule has 3 aliphatic rings. The van der Waals surface area contributed by atoms with Gasteiger partial charge in [0, 0.05) is 18.7 Å². The zero-order valence-corrected chi connectivity index (χ0v) is 23.0. The van der Waals surface area contributed by atoms with Crippen LogP contribution in [0.4, 0.5) is 11.4 Å². The number of carbonyl (C=O) groups excluding carboxylic acids is 1.